The minimum absolute atomic E-state index is 0.171. The van der Waals surface area contributed by atoms with Crippen LogP contribution in [0.15, 0.2) is 24.3 Å². The highest BCUT2D eigenvalue weighted by atomic mass is 19.1. The first kappa shape index (κ1) is 14.7. The van der Waals surface area contributed by atoms with Crippen LogP contribution in [0.3, 0.4) is 0 Å². The molecule has 0 fully saturated rings. The normalized spacial score (nSPS) is 11.0. The molecule has 0 atom stereocenters. The van der Waals surface area contributed by atoms with E-state index >= 15 is 0 Å². The quantitative estimate of drug-likeness (QED) is 0.821. The summed E-state index contributed by atoms with van der Waals surface area (Å²) in [6, 6.07) is 7.03. The van der Waals surface area contributed by atoms with E-state index in [4.69, 9.17) is 0 Å². The number of rotatable bonds is 6. The first-order valence-electron chi connectivity index (χ1n) is 7.03. The van der Waals surface area contributed by atoms with Gasteiger partial charge in [-0.05, 0) is 63.1 Å². The second-order valence-corrected chi connectivity index (χ2v) is 5.25. The molecule has 20 heavy (non-hydrogen) atoms. The van der Waals surface area contributed by atoms with Gasteiger partial charge in [-0.2, -0.15) is 5.10 Å². The molecule has 0 aliphatic rings. The number of hydrogen-bond donors (Lipinski definition) is 1. The summed E-state index contributed by atoms with van der Waals surface area (Å²) in [7, 11) is 0. The van der Waals surface area contributed by atoms with E-state index in [0.29, 0.717) is 0 Å². The second-order valence-electron chi connectivity index (χ2n) is 5.25. The van der Waals surface area contributed by atoms with Crippen molar-refractivity contribution in [2.24, 2.45) is 0 Å². The van der Waals surface area contributed by atoms with Gasteiger partial charge in [0.15, 0.2) is 0 Å². The summed E-state index contributed by atoms with van der Waals surface area (Å²) in [5.41, 5.74) is 4.42. The van der Waals surface area contributed by atoms with Gasteiger partial charge in [-0.25, -0.2) is 4.39 Å². The van der Waals surface area contributed by atoms with E-state index in [1.54, 1.807) is 6.07 Å². The van der Waals surface area contributed by atoms with E-state index in [2.05, 4.69) is 23.4 Å². The maximum absolute atomic E-state index is 13.0. The van der Waals surface area contributed by atoms with Crippen molar-refractivity contribution in [1.82, 2.24) is 15.1 Å². The Morgan fingerprint density at radius 2 is 2.00 bits per heavy atom. The van der Waals surface area contributed by atoms with Crippen LogP contribution < -0.4 is 5.32 Å². The Balaban J connectivity index is 1.73. The molecule has 0 spiro atoms. The Kier molecular flexibility index (Phi) is 4.90. The zero-order valence-corrected chi connectivity index (χ0v) is 12.4. The zero-order chi connectivity index (χ0) is 14.5. The van der Waals surface area contributed by atoms with Crippen LogP contribution >= 0.6 is 0 Å². The largest absolute Gasteiger partial charge is 0.313 e. The van der Waals surface area contributed by atoms with Gasteiger partial charge in [-0.15, -0.1) is 0 Å². The maximum Gasteiger partial charge on any atom is 0.123 e. The molecule has 0 saturated carbocycles. The van der Waals surface area contributed by atoms with E-state index in [9.17, 15) is 4.39 Å². The highest BCUT2D eigenvalue weighted by Crippen LogP contribution is 2.09. The average molecular weight is 275 g/mol. The number of aromatic nitrogens is 2. The smallest absolute Gasteiger partial charge is 0.123 e. The summed E-state index contributed by atoms with van der Waals surface area (Å²) in [4.78, 5) is 0. The molecule has 1 aromatic heterocycles. The Bertz CT molecular complexity index is 575. The molecule has 0 unspecified atom stereocenters. The molecule has 0 saturated heterocycles. The van der Waals surface area contributed by atoms with Crippen molar-refractivity contribution >= 4 is 0 Å². The summed E-state index contributed by atoms with van der Waals surface area (Å²) in [6.45, 7) is 8.66. The number of nitrogens with one attached hydrogen (secondary N) is 1. The van der Waals surface area contributed by atoms with E-state index < -0.39 is 0 Å². The van der Waals surface area contributed by atoms with Crippen molar-refractivity contribution in [1.29, 1.82) is 0 Å². The van der Waals surface area contributed by atoms with Gasteiger partial charge in [-0.3, -0.25) is 4.68 Å². The van der Waals surface area contributed by atoms with Crippen LogP contribution in [0, 0.1) is 26.6 Å². The molecule has 1 aromatic carbocycles. The van der Waals surface area contributed by atoms with Crippen LogP contribution in [0.1, 0.15) is 28.9 Å². The van der Waals surface area contributed by atoms with Gasteiger partial charge in [0.1, 0.15) is 5.82 Å². The first-order valence-corrected chi connectivity index (χ1v) is 7.03. The topological polar surface area (TPSA) is 29.9 Å². The highest BCUT2D eigenvalue weighted by molar-refractivity contribution is 5.26. The van der Waals surface area contributed by atoms with Gasteiger partial charge in [0, 0.05) is 18.8 Å². The molecule has 4 heteroatoms. The molecule has 0 amide bonds. The van der Waals surface area contributed by atoms with Crippen LogP contribution in [-0.4, -0.2) is 16.3 Å². The molecule has 1 N–H and O–H groups in total. The van der Waals surface area contributed by atoms with Gasteiger partial charge in [0.25, 0.3) is 0 Å². The number of halogens is 1. The molecule has 2 rings (SSSR count). The van der Waals surface area contributed by atoms with Crippen LogP contribution in [0.4, 0.5) is 4.39 Å². The summed E-state index contributed by atoms with van der Waals surface area (Å²) in [5.74, 6) is -0.171. The van der Waals surface area contributed by atoms with Gasteiger partial charge in [0.2, 0.25) is 0 Å². The summed E-state index contributed by atoms with van der Waals surface area (Å²) >= 11 is 0. The van der Waals surface area contributed by atoms with E-state index in [1.165, 1.54) is 11.8 Å². The molecule has 0 bridgehead atoms. The molecule has 0 aliphatic heterocycles. The van der Waals surface area contributed by atoms with E-state index in [-0.39, 0.29) is 5.82 Å². The van der Waals surface area contributed by atoms with Crippen LogP contribution in [0.2, 0.25) is 0 Å². The fourth-order valence-electron chi connectivity index (χ4n) is 2.34. The molecule has 108 valence electrons. The van der Waals surface area contributed by atoms with Crippen LogP contribution in [0.5, 0.6) is 0 Å². The predicted octanol–water partition coefficient (Wildman–Crippen LogP) is 3.13. The molecule has 2 aromatic rings. The lowest BCUT2D eigenvalue weighted by atomic mass is 10.1. The minimum Gasteiger partial charge on any atom is -0.313 e. The Morgan fingerprint density at radius 3 is 2.65 bits per heavy atom. The molecular weight excluding hydrogens is 253 g/mol. The highest BCUT2D eigenvalue weighted by Gasteiger charge is 2.01. The first-order chi connectivity index (χ1) is 9.56. The number of aryl methyl sites for hydroxylation is 4. The third-order valence-electron chi connectivity index (χ3n) is 3.45. The number of nitrogens with zero attached hydrogens (tertiary/aromatic N) is 2. The molecule has 1 heterocycles. The van der Waals surface area contributed by atoms with Crippen LogP contribution in [0.25, 0.3) is 0 Å². The van der Waals surface area contributed by atoms with Crippen molar-refractivity contribution in [2.75, 3.05) is 6.54 Å². The predicted molar refractivity (Wildman–Crippen MR) is 79.2 cm³/mol. The molecule has 0 radical (unpaired) electrons. The molecule has 0 aliphatic carbocycles. The Morgan fingerprint density at radius 1 is 1.20 bits per heavy atom. The van der Waals surface area contributed by atoms with E-state index in [0.717, 1.165) is 42.9 Å². The summed E-state index contributed by atoms with van der Waals surface area (Å²) in [6.07, 6.45) is 1.03. The molecule has 3 nitrogen and oxygen atoms in total. The fourth-order valence-corrected chi connectivity index (χ4v) is 2.34. The zero-order valence-electron chi connectivity index (χ0n) is 12.4. The Labute approximate surface area is 119 Å². The van der Waals surface area contributed by atoms with Gasteiger partial charge in [0.05, 0.1) is 5.69 Å². The third kappa shape index (κ3) is 3.90. The number of benzene rings is 1. The van der Waals surface area contributed by atoms with Gasteiger partial charge in [-0.1, -0.05) is 6.07 Å². The Hall–Kier alpha value is -1.68. The van der Waals surface area contributed by atoms with E-state index in [1.807, 2.05) is 24.6 Å². The van der Waals surface area contributed by atoms with Crippen LogP contribution in [-0.2, 0) is 13.1 Å². The SMILES string of the molecule is Cc1cc(C)n(CCCNCc2ccc(F)cc2C)n1. The van der Waals surface area contributed by atoms with Gasteiger partial charge >= 0.3 is 0 Å². The van der Waals surface area contributed by atoms with Crippen molar-refractivity contribution in [2.45, 2.75) is 40.3 Å². The average Bonchev–Trinajstić information content (AvgIpc) is 2.70. The van der Waals surface area contributed by atoms with Gasteiger partial charge < -0.3 is 5.32 Å². The third-order valence-corrected chi connectivity index (χ3v) is 3.45. The van der Waals surface area contributed by atoms with Crippen molar-refractivity contribution in [3.63, 3.8) is 0 Å². The lowest BCUT2D eigenvalue weighted by Gasteiger charge is -2.08. The standard InChI is InChI=1S/C16H22FN3/c1-12-9-16(17)6-5-15(12)11-18-7-4-8-20-14(3)10-13(2)19-20/h5-6,9-10,18H,4,7-8,11H2,1-3H3. The summed E-state index contributed by atoms with van der Waals surface area (Å²) < 4.78 is 15.0. The number of hydrogen-bond acceptors (Lipinski definition) is 2. The van der Waals surface area contributed by atoms with Crippen molar-refractivity contribution in [3.8, 4) is 0 Å². The monoisotopic (exact) mass is 275 g/mol. The lowest BCUT2D eigenvalue weighted by Crippen LogP contribution is -2.17. The fraction of sp³-hybridized carbons (Fsp3) is 0.438. The summed E-state index contributed by atoms with van der Waals surface area (Å²) in [5, 5.41) is 7.83. The minimum atomic E-state index is -0.171. The lowest BCUT2D eigenvalue weighted by molar-refractivity contribution is 0.531. The second kappa shape index (κ2) is 6.66. The maximum atomic E-state index is 13.0. The van der Waals surface area contributed by atoms with Crippen molar-refractivity contribution < 1.29 is 4.39 Å². The molecular formula is C16H22FN3. The van der Waals surface area contributed by atoms with Crippen molar-refractivity contribution in [3.05, 3.63) is 52.6 Å².